The summed E-state index contributed by atoms with van der Waals surface area (Å²) in [6.07, 6.45) is 1.83. The van der Waals surface area contributed by atoms with Crippen LogP contribution in [0.5, 0.6) is 11.5 Å². The molecule has 0 unspecified atom stereocenters. The van der Waals surface area contributed by atoms with Gasteiger partial charge in [-0.1, -0.05) is 30.0 Å². The van der Waals surface area contributed by atoms with Gasteiger partial charge in [-0.25, -0.2) is 0 Å². The molecule has 1 saturated heterocycles. The predicted molar refractivity (Wildman–Crippen MR) is 89.7 cm³/mol. The molecule has 1 aromatic carbocycles. The van der Waals surface area contributed by atoms with Crippen molar-refractivity contribution in [3.63, 3.8) is 0 Å². The minimum absolute atomic E-state index is 0.0405. The summed E-state index contributed by atoms with van der Waals surface area (Å²) in [5.74, 6) is 1.30. The number of hydrogen-bond donors (Lipinski definition) is 0. The zero-order chi connectivity index (χ0) is 15.4. The van der Waals surface area contributed by atoms with E-state index in [0.717, 1.165) is 5.56 Å². The third-order valence-corrected chi connectivity index (χ3v) is 4.35. The van der Waals surface area contributed by atoms with Crippen LogP contribution in [-0.4, -0.2) is 35.4 Å². The van der Waals surface area contributed by atoms with Crippen LogP contribution in [0.2, 0.25) is 0 Å². The first-order valence-electron chi connectivity index (χ1n) is 6.66. The van der Waals surface area contributed by atoms with Crippen LogP contribution >= 0.6 is 24.0 Å². The maximum absolute atomic E-state index is 12.2. The second-order valence-electron chi connectivity index (χ2n) is 4.27. The molecule has 0 spiro atoms. The van der Waals surface area contributed by atoms with Crippen molar-refractivity contribution in [2.24, 2.45) is 0 Å². The fourth-order valence-electron chi connectivity index (χ4n) is 1.98. The van der Waals surface area contributed by atoms with Crippen LogP contribution in [0.3, 0.4) is 0 Å². The van der Waals surface area contributed by atoms with Gasteiger partial charge in [0.05, 0.1) is 18.6 Å². The molecular formula is C15H17NO3S2. The minimum atomic E-state index is -0.0405. The van der Waals surface area contributed by atoms with Gasteiger partial charge in [0.25, 0.3) is 5.91 Å². The van der Waals surface area contributed by atoms with Crippen molar-refractivity contribution < 1.29 is 14.3 Å². The SMILES string of the molecule is CCOc1cc(/C=C2/SC(=S)N(CC)C2=O)ccc1OC. The van der Waals surface area contributed by atoms with E-state index in [4.69, 9.17) is 21.7 Å². The van der Waals surface area contributed by atoms with Gasteiger partial charge >= 0.3 is 0 Å². The molecule has 21 heavy (non-hydrogen) atoms. The number of methoxy groups -OCH3 is 1. The molecule has 0 bridgehead atoms. The lowest BCUT2D eigenvalue weighted by Gasteiger charge is -2.10. The Kier molecular flexibility index (Phi) is 5.25. The molecule has 0 aliphatic carbocycles. The van der Waals surface area contributed by atoms with Gasteiger partial charge in [0.2, 0.25) is 0 Å². The number of carbonyl (C=O) groups excluding carboxylic acids is 1. The number of ether oxygens (including phenoxy) is 2. The van der Waals surface area contributed by atoms with E-state index in [1.54, 1.807) is 12.0 Å². The van der Waals surface area contributed by atoms with Crippen molar-refractivity contribution >= 4 is 40.3 Å². The third-order valence-electron chi connectivity index (χ3n) is 2.98. The Hall–Kier alpha value is -1.53. The van der Waals surface area contributed by atoms with E-state index >= 15 is 0 Å². The molecule has 0 aromatic heterocycles. The van der Waals surface area contributed by atoms with Gasteiger partial charge in [-0.3, -0.25) is 9.69 Å². The third kappa shape index (κ3) is 3.39. The number of rotatable bonds is 5. The van der Waals surface area contributed by atoms with Crippen molar-refractivity contribution in [1.29, 1.82) is 0 Å². The molecule has 1 aliphatic rings. The summed E-state index contributed by atoms with van der Waals surface area (Å²) in [4.78, 5) is 14.4. The summed E-state index contributed by atoms with van der Waals surface area (Å²) < 4.78 is 11.4. The topological polar surface area (TPSA) is 38.8 Å². The van der Waals surface area contributed by atoms with Gasteiger partial charge in [0, 0.05) is 6.54 Å². The average Bonchev–Trinajstić information content (AvgIpc) is 2.73. The number of thioether (sulfide) groups is 1. The Balaban J connectivity index is 2.31. The van der Waals surface area contributed by atoms with Crippen molar-refractivity contribution in [3.05, 3.63) is 28.7 Å². The van der Waals surface area contributed by atoms with Crippen molar-refractivity contribution in [1.82, 2.24) is 4.90 Å². The number of benzene rings is 1. The second kappa shape index (κ2) is 6.95. The average molecular weight is 323 g/mol. The Morgan fingerprint density at radius 2 is 2.10 bits per heavy atom. The van der Waals surface area contributed by atoms with Gasteiger partial charge in [-0.05, 0) is 37.6 Å². The van der Waals surface area contributed by atoms with Gasteiger partial charge in [0.15, 0.2) is 11.5 Å². The van der Waals surface area contributed by atoms with Gasteiger partial charge in [0.1, 0.15) is 4.32 Å². The zero-order valence-corrected chi connectivity index (χ0v) is 13.8. The lowest BCUT2D eigenvalue weighted by Crippen LogP contribution is -2.27. The molecule has 4 nitrogen and oxygen atoms in total. The Labute approximate surface area is 134 Å². The lowest BCUT2D eigenvalue weighted by molar-refractivity contribution is -0.121. The Morgan fingerprint density at radius 1 is 1.33 bits per heavy atom. The van der Waals surface area contributed by atoms with Crippen LogP contribution in [0.15, 0.2) is 23.1 Å². The number of thiocarbonyl (C=S) groups is 1. The molecule has 2 rings (SSSR count). The van der Waals surface area contributed by atoms with Crippen molar-refractivity contribution in [3.8, 4) is 11.5 Å². The zero-order valence-electron chi connectivity index (χ0n) is 12.2. The molecular weight excluding hydrogens is 306 g/mol. The number of hydrogen-bond acceptors (Lipinski definition) is 5. The standard InChI is InChI=1S/C15H17NO3S2/c1-4-16-14(17)13(21-15(16)20)9-10-6-7-11(18-3)12(8-10)19-5-2/h6-9H,4-5H2,1-3H3/b13-9+. The molecule has 112 valence electrons. The van der Waals surface area contributed by atoms with Crippen LogP contribution in [0.25, 0.3) is 6.08 Å². The first-order chi connectivity index (χ1) is 10.1. The Bertz CT molecular complexity index is 599. The van der Waals surface area contributed by atoms with E-state index in [0.29, 0.717) is 33.9 Å². The van der Waals surface area contributed by atoms with Crippen molar-refractivity contribution in [2.45, 2.75) is 13.8 Å². The summed E-state index contributed by atoms with van der Waals surface area (Å²) >= 11 is 6.53. The van der Waals surface area contributed by atoms with Crippen molar-refractivity contribution in [2.75, 3.05) is 20.3 Å². The largest absolute Gasteiger partial charge is 0.493 e. The summed E-state index contributed by atoms with van der Waals surface area (Å²) in [5, 5.41) is 0. The number of carbonyl (C=O) groups is 1. The van der Waals surface area contributed by atoms with Gasteiger partial charge in [-0.15, -0.1) is 0 Å². The number of nitrogens with zero attached hydrogens (tertiary/aromatic N) is 1. The second-order valence-corrected chi connectivity index (χ2v) is 5.95. The highest BCUT2D eigenvalue weighted by molar-refractivity contribution is 8.26. The van der Waals surface area contributed by atoms with Crippen LogP contribution in [0.1, 0.15) is 19.4 Å². The first-order valence-corrected chi connectivity index (χ1v) is 7.89. The summed E-state index contributed by atoms with van der Waals surface area (Å²) in [6, 6.07) is 5.58. The molecule has 0 saturated carbocycles. The van der Waals surface area contributed by atoms with E-state index in [9.17, 15) is 4.79 Å². The highest BCUT2D eigenvalue weighted by atomic mass is 32.2. The Morgan fingerprint density at radius 3 is 2.67 bits per heavy atom. The van der Waals surface area contributed by atoms with E-state index in [1.165, 1.54) is 11.8 Å². The van der Waals surface area contributed by atoms with Gasteiger partial charge < -0.3 is 9.47 Å². The molecule has 1 aromatic rings. The van der Waals surface area contributed by atoms with Crippen LogP contribution < -0.4 is 9.47 Å². The fourth-order valence-corrected chi connectivity index (χ4v) is 3.36. The maximum atomic E-state index is 12.2. The molecule has 1 aliphatic heterocycles. The normalized spacial score (nSPS) is 16.7. The molecule has 1 amide bonds. The molecule has 0 N–H and O–H groups in total. The summed E-state index contributed by atoms with van der Waals surface area (Å²) in [6.45, 7) is 4.97. The number of likely N-dealkylation sites (N-methyl/N-ethyl adjacent to an activating group) is 1. The fraction of sp³-hybridized carbons (Fsp3) is 0.333. The summed E-state index contributed by atoms with van der Waals surface area (Å²) in [5.41, 5.74) is 0.885. The van der Waals surface area contributed by atoms with E-state index < -0.39 is 0 Å². The molecule has 1 fully saturated rings. The van der Waals surface area contributed by atoms with Gasteiger partial charge in [-0.2, -0.15) is 0 Å². The van der Waals surface area contributed by atoms with E-state index in [1.807, 2.05) is 38.1 Å². The highest BCUT2D eigenvalue weighted by Gasteiger charge is 2.30. The molecule has 6 heteroatoms. The van der Waals surface area contributed by atoms with Crippen LogP contribution in [0.4, 0.5) is 0 Å². The highest BCUT2D eigenvalue weighted by Crippen LogP contribution is 2.34. The molecule has 0 radical (unpaired) electrons. The quantitative estimate of drug-likeness (QED) is 0.614. The summed E-state index contributed by atoms with van der Waals surface area (Å²) in [7, 11) is 1.60. The predicted octanol–water partition coefficient (Wildman–Crippen LogP) is 3.32. The number of amides is 1. The minimum Gasteiger partial charge on any atom is -0.493 e. The monoisotopic (exact) mass is 323 g/mol. The smallest absolute Gasteiger partial charge is 0.266 e. The first kappa shape index (κ1) is 15.9. The lowest BCUT2D eigenvalue weighted by atomic mass is 10.2. The van der Waals surface area contributed by atoms with E-state index in [-0.39, 0.29) is 5.91 Å². The van der Waals surface area contributed by atoms with Crippen LogP contribution in [0, 0.1) is 0 Å². The maximum Gasteiger partial charge on any atom is 0.266 e. The molecule has 0 atom stereocenters. The van der Waals surface area contributed by atoms with E-state index in [2.05, 4.69) is 0 Å². The van der Waals surface area contributed by atoms with Crippen LogP contribution in [-0.2, 0) is 4.79 Å². The molecule has 1 heterocycles.